The minimum Gasteiger partial charge on any atom is -0.459 e. The minimum atomic E-state index is -0.627. The summed E-state index contributed by atoms with van der Waals surface area (Å²) in [6.45, 7) is 2.13. The Labute approximate surface area is 115 Å². The highest BCUT2D eigenvalue weighted by atomic mass is 16.3. The van der Waals surface area contributed by atoms with E-state index in [0.29, 0.717) is 13.0 Å². The SMILES string of the molecule is CC1NC(=O)C2C(NC(=O)c3ccco3)CCN2C1=O. The maximum atomic E-state index is 12.0. The highest BCUT2D eigenvalue weighted by Crippen LogP contribution is 2.23. The van der Waals surface area contributed by atoms with Crippen molar-refractivity contribution in [1.29, 1.82) is 0 Å². The topological polar surface area (TPSA) is 91.7 Å². The molecule has 2 aliphatic rings. The molecule has 2 aliphatic heterocycles. The molecule has 2 fully saturated rings. The average Bonchev–Trinajstić information content (AvgIpc) is 3.05. The number of nitrogens with zero attached hydrogens (tertiary/aromatic N) is 1. The third kappa shape index (κ3) is 1.95. The number of hydrogen-bond donors (Lipinski definition) is 2. The maximum Gasteiger partial charge on any atom is 0.287 e. The van der Waals surface area contributed by atoms with E-state index in [9.17, 15) is 14.4 Å². The van der Waals surface area contributed by atoms with Crippen molar-refractivity contribution in [1.82, 2.24) is 15.5 Å². The van der Waals surface area contributed by atoms with Crippen molar-refractivity contribution < 1.29 is 18.8 Å². The van der Waals surface area contributed by atoms with E-state index in [1.807, 2.05) is 0 Å². The van der Waals surface area contributed by atoms with Crippen molar-refractivity contribution in [2.24, 2.45) is 0 Å². The molecule has 3 unspecified atom stereocenters. The number of carbonyl (C=O) groups is 3. The molecule has 1 aromatic heterocycles. The number of furan rings is 1. The van der Waals surface area contributed by atoms with Gasteiger partial charge in [-0.2, -0.15) is 0 Å². The first-order valence-electron chi connectivity index (χ1n) is 6.53. The van der Waals surface area contributed by atoms with Gasteiger partial charge in [0.05, 0.1) is 12.3 Å². The fourth-order valence-corrected chi connectivity index (χ4v) is 2.77. The molecule has 7 nitrogen and oxygen atoms in total. The van der Waals surface area contributed by atoms with Crippen LogP contribution in [0.25, 0.3) is 0 Å². The van der Waals surface area contributed by atoms with E-state index >= 15 is 0 Å². The molecular weight excluding hydrogens is 262 g/mol. The molecule has 0 bridgehead atoms. The molecule has 1 aromatic rings. The Bertz CT molecular complexity index is 554. The van der Waals surface area contributed by atoms with Gasteiger partial charge in [0.2, 0.25) is 11.8 Å². The quantitative estimate of drug-likeness (QED) is 0.762. The van der Waals surface area contributed by atoms with Crippen LogP contribution >= 0.6 is 0 Å². The number of fused-ring (bicyclic) bond motifs is 1. The molecule has 0 radical (unpaired) electrons. The number of piperazine rings is 1. The van der Waals surface area contributed by atoms with Gasteiger partial charge in [-0.1, -0.05) is 0 Å². The monoisotopic (exact) mass is 277 g/mol. The zero-order valence-corrected chi connectivity index (χ0v) is 11.0. The highest BCUT2D eigenvalue weighted by molar-refractivity contribution is 5.99. The first kappa shape index (κ1) is 12.7. The van der Waals surface area contributed by atoms with Gasteiger partial charge in [-0.15, -0.1) is 0 Å². The summed E-state index contributed by atoms with van der Waals surface area (Å²) in [7, 11) is 0. The molecule has 0 spiro atoms. The van der Waals surface area contributed by atoms with Crippen LogP contribution in [-0.2, 0) is 9.59 Å². The number of rotatable bonds is 2. The molecule has 3 amide bonds. The van der Waals surface area contributed by atoms with Gasteiger partial charge in [0.1, 0.15) is 12.1 Å². The number of amides is 3. The van der Waals surface area contributed by atoms with Crippen molar-refractivity contribution in [3.8, 4) is 0 Å². The van der Waals surface area contributed by atoms with Gasteiger partial charge in [-0.25, -0.2) is 0 Å². The fourth-order valence-electron chi connectivity index (χ4n) is 2.77. The summed E-state index contributed by atoms with van der Waals surface area (Å²) in [4.78, 5) is 37.5. The van der Waals surface area contributed by atoms with E-state index in [4.69, 9.17) is 4.42 Å². The summed E-state index contributed by atoms with van der Waals surface area (Å²) >= 11 is 0. The Morgan fingerprint density at radius 2 is 2.30 bits per heavy atom. The molecule has 2 N–H and O–H groups in total. The summed E-state index contributed by atoms with van der Waals surface area (Å²) in [5.41, 5.74) is 0. The Morgan fingerprint density at radius 3 is 3.00 bits per heavy atom. The van der Waals surface area contributed by atoms with Crippen LogP contribution in [0.1, 0.15) is 23.9 Å². The van der Waals surface area contributed by atoms with Gasteiger partial charge >= 0.3 is 0 Å². The Kier molecular flexibility index (Phi) is 2.96. The van der Waals surface area contributed by atoms with Crippen LogP contribution in [-0.4, -0.2) is 47.3 Å². The van der Waals surface area contributed by atoms with Crippen LogP contribution in [0.3, 0.4) is 0 Å². The van der Waals surface area contributed by atoms with E-state index in [1.54, 1.807) is 19.1 Å². The van der Waals surface area contributed by atoms with E-state index in [0.717, 1.165) is 0 Å². The standard InChI is InChI=1S/C13H15N3O4/c1-7-13(19)16-5-4-8(10(16)12(18)14-7)15-11(17)9-3-2-6-20-9/h2-3,6-8,10H,4-5H2,1H3,(H,14,18)(H,15,17). The largest absolute Gasteiger partial charge is 0.459 e. The van der Waals surface area contributed by atoms with Crippen LogP contribution in [0.15, 0.2) is 22.8 Å². The predicted octanol–water partition coefficient (Wildman–Crippen LogP) is -0.503. The molecule has 7 heteroatoms. The summed E-state index contributed by atoms with van der Waals surface area (Å²) in [5, 5.41) is 5.39. The first-order chi connectivity index (χ1) is 9.58. The van der Waals surface area contributed by atoms with Gasteiger partial charge in [-0.3, -0.25) is 14.4 Å². The van der Waals surface area contributed by atoms with Crippen molar-refractivity contribution in [3.05, 3.63) is 24.2 Å². The van der Waals surface area contributed by atoms with Crippen LogP contribution in [0.2, 0.25) is 0 Å². The molecule has 106 valence electrons. The summed E-state index contributed by atoms with van der Waals surface area (Å²) in [6.07, 6.45) is 1.97. The molecule has 0 aromatic carbocycles. The number of carbonyl (C=O) groups excluding carboxylic acids is 3. The molecule has 20 heavy (non-hydrogen) atoms. The fraction of sp³-hybridized carbons (Fsp3) is 0.462. The molecule has 3 rings (SSSR count). The van der Waals surface area contributed by atoms with Crippen molar-refractivity contribution in [3.63, 3.8) is 0 Å². The van der Waals surface area contributed by atoms with Crippen LogP contribution in [0.4, 0.5) is 0 Å². The van der Waals surface area contributed by atoms with Gasteiger partial charge in [0.25, 0.3) is 5.91 Å². The van der Waals surface area contributed by atoms with Crippen LogP contribution < -0.4 is 10.6 Å². The molecule has 3 atom stereocenters. The zero-order valence-electron chi connectivity index (χ0n) is 11.0. The van der Waals surface area contributed by atoms with Gasteiger partial charge in [0, 0.05) is 6.54 Å². The second kappa shape index (κ2) is 4.66. The summed E-state index contributed by atoms with van der Waals surface area (Å²) in [5.74, 6) is -0.510. The Hall–Kier alpha value is -2.31. The molecule has 3 heterocycles. The minimum absolute atomic E-state index is 0.107. The summed E-state index contributed by atoms with van der Waals surface area (Å²) < 4.78 is 5.01. The lowest BCUT2D eigenvalue weighted by Crippen LogP contribution is -2.64. The van der Waals surface area contributed by atoms with E-state index < -0.39 is 12.1 Å². The zero-order chi connectivity index (χ0) is 14.3. The van der Waals surface area contributed by atoms with E-state index in [1.165, 1.54) is 11.2 Å². The second-order valence-corrected chi connectivity index (χ2v) is 5.05. The Morgan fingerprint density at radius 1 is 1.50 bits per heavy atom. The molecule has 0 saturated carbocycles. The highest BCUT2D eigenvalue weighted by Gasteiger charge is 2.47. The average molecular weight is 277 g/mol. The van der Waals surface area contributed by atoms with Gasteiger partial charge < -0.3 is 20.0 Å². The van der Waals surface area contributed by atoms with Gasteiger partial charge in [-0.05, 0) is 25.5 Å². The smallest absolute Gasteiger partial charge is 0.287 e. The lowest BCUT2D eigenvalue weighted by molar-refractivity contribution is -0.146. The number of hydrogen-bond acceptors (Lipinski definition) is 4. The third-order valence-corrected chi connectivity index (χ3v) is 3.74. The van der Waals surface area contributed by atoms with Gasteiger partial charge in [0.15, 0.2) is 5.76 Å². The van der Waals surface area contributed by atoms with Crippen molar-refractivity contribution in [2.75, 3.05) is 6.54 Å². The Balaban J connectivity index is 1.74. The van der Waals surface area contributed by atoms with Crippen LogP contribution in [0, 0.1) is 0 Å². The van der Waals surface area contributed by atoms with Crippen molar-refractivity contribution in [2.45, 2.75) is 31.5 Å². The van der Waals surface area contributed by atoms with E-state index in [2.05, 4.69) is 10.6 Å². The van der Waals surface area contributed by atoms with E-state index in [-0.39, 0.29) is 29.5 Å². The molecular formula is C13H15N3O4. The summed E-state index contributed by atoms with van der Waals surface area (Å²) in [6, 6.07) is 1.66. The maximum absolute atomic E-state index is 12.0. The third-order valence-electron chi connectivity index (χ3n) is 3.74. The van der Waals surface area contributed by atoms with Crippen LogP contribution in [0.5, 0.6) is 0 Å². The predicted molar refractivity (Wildman–Crippen MR) is 67.7 cm³/mol. The lowest BCUT2D eigenvalue weighted by atomic mass is 10.0. The van der Waals surface area contributed by atoms with Crippen molar-refractivity contribution >= 4 is 17.7 Å². The lowest BCUT2D eigenvalue weighted by Gasteiger charge is -2.35. The molecule has 0 aliphatic carbocycles. The molecule has 2 saturated heterocycles. The normalized spacial score (nSPS) is 29.1. The second-order valence-electron chi connectivity index (χ2n) is 5.05. The number of nitrogens with one attached hydrogen (secondary N) is 2. The first-order valence-corrected chi connectivity index (χ1v) is 6.53.